The van der Waals surface area contributed by atoms with Gasteiger partial charge >= 0.3 is 0 Å². The minimum absolute atomic E-state index is 0.373. The van der Waals surface area contributed by atoms with Crippen LogP contribution < -0.4 is 0 Å². The van der Waals surface area contributed by atoms with Crippen LogP contribution in [0.2, 0.25) is 0 Å². The molecule has 0 amide bonds. The number of benzene rings is 2. The maximum Gasteiger partial charge on any atom is 0.0814 e. The van der Waals surface area contributed by atoms with Crippen LogP contribution in [-0.4, -0.2) is 16.3 Å². The summed E-state index contributed by atoms with van der Waals surface area (Å²) in [5.41, 5.74) is 0.861. The topological polar surface area (TPSA) is 40.5 Å². The van der Waals surface area contributed by atoms with Crippen molar-refractivity contribution in [3.8, 4) is 0 Å². The molecule has 2 N–H and O–H groups in total. The zero-order valence-corrected chi connectivity index (χ0v) is 9.30. The Labute approximate surface area is 95.2 Å². The lowest BCUT2D eigenvalue weighted by Gasteiger charge is -2.13. The van der Waals surface area contributed by atoms with E-state index in [1.165, 1.54) is 0 Å². The predicted octanol–water partition coefficient (Wildman–Crippen LogP) is 2.64. The van der Waals surface area contributed by atoms with Crippen LogP contribution in [0.15, 0.2) is 42.5 Å². The van der Waals surface area contributed by atoms with Gasteiger partial charge in [-0.1, -0.05) is 36.4 Å². The number of aliphatic hydroxyl groups is 2. The molecule has 2 heteroatoms. The van der Waals surface area contributed by atoms with E-state index in [0.29, 0.717) is 6.42 Å². The summed E-state index contributed by atoms with van der Waals surface area (Å²) >= 11 is 0. The smallest absolute Gasteiger partial charge is 0.0814 e. The van der Waals surface area contributed by atoms with Gasteiger partial charge in [-0.25, -0.2) is 0 Å². The van der Waals surface area contributed by atoms with E-state index in [2.05, 4.69) is 0 Å². The third-order valence-corrected chi connectivity index (χ3v) is 2.72. The second kappa shape index (κ2) is 4.64. The fourth-order valence-corrected chi connectivity index (χ4v) is 1.87. The van der Waals surface area contributed by atoms with Gasteiger partial charge in [0.2, 0.25) is 0 Å². The molecule has 0 unspecified atom stereocenters. The van der Waals surface area contributed by atoms with Crippen molar-refractivity contribution < 1.29 is 10.2 Å². The van der Waals surface area contributed by atoms with Crippen molar-refractivity contribution in [2.45, 2.75) is 25.6 Å². The highest BCUT2D eigenvalue weighted by Crippen LogP contribution is 2.23. The van der Waals surface area contributed by atoms with Crippen molar-refractivity contribution in [1.82, 2.24) is 0 Å². The van der Waals surface area contributed by atoms with E-state index in [1.807, 2.05) is 42.5 Å². The molecule has 0 fully saturated rings. The molecule has 16 heavy (non-hydrogen) atoms. The third-order valence-electron chi connectivity index (χ3n) is 2.72. The average Bonchev–Trinajstić information content (AvgIpc) is 2.27. The maximum atomic E-state index is 9.89. The van der Waals surface area contributed by atoms with Gasteiger partial charge in [0.25, 0.3) is 0 Å². The quantitative estimate of drug-likeness (QED) is 0.828. The van der Waals surface area contributed by atoms with E-state index >= 15 is 0 Å². The highest BCUT2D eigenvalue weighted by molar-refractivity contribution is 5.83. The zero-order chi connectivity index (χ0) is 11.5. The van der Waals surface area contributed by atoms with Crippen molar-refractivity contribution >= 4 is 10.8 Å². The number of aliphatic hydroxyl groups excluding tert-OH is 2. The zero-order valence-electron chi connectivity index (χ0n) is 9.30. The van der Waals surface area contributed by atoms with Gasteiger partial charge in [0.05, 0.1) is 12.2 Å². The summed E-state index contributed by atoms with van der Waals surface area (Å²) in [5.74, 6) is 0. The molecule has 0 saturated heterocycles. The summed E-state index contributed by atoms with van der Waals surface area (Å²) < 4.78 is 0. The van der Waals surface area contributed by atoms with Gasteiger partial charge in [0, 0.05) is 6.42 Å². The van der Waals surface area contributed by atoms with Crippen molar-refractivity contribution in [1.29, 1.82) is 0 Å². The normalized spacial score (nSPS) is 14.9. The summed E-state index contributed by atoms with van der Waals surface area (Å²) in [7, 11) is 0. The minimum atomic E-state index is -0.593. The Morgan fingerprint density at radius 2 is 1.69 bits per heavy atom. The molecule has 0 heterocycles. The SMILES string of the molecule is C[C@H](O)C[C@@H](O)c1ccc2ccccc2c1. The Morgan fingerprint density at radius 1 is 1.00 bits per heavy atom. The van der Waals surface area contributed by atoms with Gasteiger partial charge in [-0.15, -0.1) is 0 Å². The molecule has 0 saturated carbocycles. The molecule has 84 valence electrons. The Balaban J connectivity index is 2.32. The molecule has 0 aromatic heterocycles. The molecule has 2 nitrogen and oxygen atoms in total. The summed E-state index contributed by atoms with van der Waals surface area (Å²) in [5, 5.41) is 21.4. The first-order chi connectivity index (χ1) is 7.66. The lowest BCUT2D eigenvalue weighted by atomic mass is 10.0. The van der Waals surface area contributed by atoms with E-state index in [1.54, 1.807) is 6.92 Å². The van der Waals surface area contributed by atoms with Gasteiger partial charge in [-0.2, -0.15) is 0 Å². The van der Waals surface area contributed by atoms with E-state index in [-0.39, 0.29) is 0 Å². The molecule has 0 radical (unpaired) electrons. The predicted molar refractivity (Wildman–Crippen MR) is 65.2 cm³/mol. The number of fused-ring (bicyclic) bond motifs is 1. The van der Waals surface area contributed by atoms with E-state index in [9.17, 15) is 10.2 Å². The van der Waals surface area contributed by atoms with Crippen LogP contribution >= 0.6 is 0 Å². The Hall–Kier alpha value is -1.38. The molecule has 0 spiro atoms. The molecular formula is C14H16O2. The van der Waals surface area contributed by atoms with Crippen molar-refractivity contribution in [2.75, 3.05) is 0 Å². The fourth-order valence-electron chi connectivity index (χ4n) is 1.87. The molecule has 0 aliphatic heterocycles. The molecule has 0 bridgehead atoms. The van der Waals surface area contributed by atoms with Crippen molar-refractivity contribution in [3.63, 3.8) is 0 Å². The molecule has 0 aliphatic rings. The first-order valence-electron chi connectivity index (χ1n) is 5.51. The minimum Gasteiger partial charge on any atom is -0.393 e. The van der Waals surface area contributed by atoms with Gasteiger partial charge < -0.3 is 10.2 Å². The number of hydrogen-bond donors (Lipinski definition) is 2. The Kier molecular flexibility index (Phi) is 3.22. The van der Waals surface area contributed by atoms with Crippen LogP contribution in [0.1, 0.15) is 25.0 Å². The second-order valence-corrected chi connectivity index (χ2v) is 4.21. The molecular weight excluding hydrogens is 200 g/mol. The molecule has 2 aromatic rings. The van der Waals surface area contributed by atoms with Gasteiger partial charge in [-0.3, -0.25) is 0 Å². The van der Waals surface area contributed by atoms with Crippen LogP contribution in [0.3, 0.4) is 0 Å². The highest BCUT2D eigenvalue weighted by atomic mass is 16.3. The standard InChI is InChI=1S/C14H16O2/c1-10(15)8-14(16)13-7-6-11-4-2-3-5-12(11)9-13/h2-7,9-10,14-16H,8H2,1H3/t10-,14+/m0/s1. The first kappa shape index (κ1) is 11.1. The second-order valence-electron chi connectivity index (χ2n) is 4.21. The van der Waals surface area contributed by atoms with Crippen LogP contribution in [0.5, 0.6) is 0 Å². The summed E-state index contributed by atoms with van der Waals surface area (Å²) in [6.45, 7) is 1.68. The molecule has 2 rings (SSSR count). The highest BCUT2D eigenvalue weighted by Gasteiger charge is 2.10. The fraction of sp³-hybridized carbons (Fsp3) is 0.286. The van der Waals surface area contributed by atoms with Crippen LogP contribution in [0, 0.1) is 0 Å². The van der Waals surface area contributed by atoms with E-state index in [0.717, 1.165) is 16.3 Å². The van der Waals surface area contributed by atoms with Crippen LogP contribution in [0.4, 0.5) is 0 Å². The lowest BCUT2D eigenvalue weighted by Crippen LogP contribution is -2.07. The van der Waals surface area contributed by atoms with Gasteiger partial charge in [-0.05, 0) is 29.3 Å². The monoisotopic (exact) mass is 216 g/mol. The molecule has 2 atom stereocenters. The Morgan fingerprint density at radius 3 is 2.38 bits per heavy atom. The molecule has 0 aliphatic carbocycles. The lowest BCUT2D eigenvalue weighted by molar-refractivity contribution is 0.0908. The molecule has 2 aromatic carbocycles. The number of rotatable bonds is 3. The van der Waals surface area contributed by atoms with Crippen molar-refractivity contribution in [2.24, 2.45) is 0 Å². The summed E-state index contributed by atoms with van der Waals surface area (Å²) in [6, 6.07) is 13.9. The van der Waals surface area contributed by atoms with Crippen LogP contribution in [0.25, 0.3) is 10.8 Å². The van der Waals surface area contributed by atoms with Gasteiger partial charge in [0.1, 0.15) is 0 Å². The van der Waals surface area contributed by atoms with E-state index < -0.39 is 12.2 Å². The van der Waals surface area contributed by atoms with E-state index in [4.69, 9.17) is 0 Å². The summed E-state index contributed by atoms with van der Waals surface area (Å²) in [4.78, 5) is 0. The van der Waals surface area contributed by atoms with Gasteiger partial charge in [0.15, 0.2) is 0 Å². The summed E-state index contributed by atoms with van der Waals surface area (Å²) in [6.07, 6.45) is -0.704. The maximum absolute atomic E-state index is 9.89. The number of hydrogen-bond acceptors (Lipinski definition) is 2. The Bertz CT molecular complexity index is 477. The largest absolute Gasteiger partial charge is 0.393 e. The van der Waals surface area contributed by atoms with Crippen molar-refractivity contribution in [3.05, 3.63) is 48.0 Å². The van der Waals surface area contributed by atoms with Crippen LogP contribution in [-0.2, 0) is 0 Å². The average molecular weight is 216 g/mol. The third kappa shape index (κ3) is 2.40. The first-order valence-corrected chi connectivity index (χ1v) is 5.51.